The lowest BCUT2D eigenvalue weighted by molar-refractivity contribution is -0.122. The highest BCUT2D eigenvalue weighted by Crippen LogP contribution is 2.34. The predicted molar refractivity (Wildman–Crippen MR) is 136 cm³/mol. The molecule has 1 fully saturated rings. The highest BCUT2D eigenvalue weighted by Gasteiger charge is 2.32. The van der Waals surface area contributed by atoms with Crippen LogP contribution in [0.2, 0.25) is 0 Å². The van der Waals surface area contributed by atoms with Crippen LogP contribution >= 0.6 is 34.4 Å². The van der Waals surface area contributed by atoms with E-state index in [0.29, 0.717) is 28.1 Å². The van der Waals surface area contributed by atoms with Crippen molar-refractivity contribution in [3.8, 4) is 5.75 Å². The number of nitrogens with zero attached hydrogens (tertiary/aromatic N) is 2. The number of hydrogen-bond acceptors (Lipinski definition) is 4. The summed E-state index contributed by atoms with van der Waals surface area (Å²) in [6.45, 7) is 2.63. The van der Waals surface area contributed by atoms with Crippen LogP contribution in [0.4, 0.5) is 14.5 Å². The Morgan fingerprint density at radius 1 is 1.06 bits per heavy atom. The Balaban J connectivity index is 1.51. The zero-order valence-electron chi connectivity index (χ0n) is 17.6. The van der Waals surface area contributed by atoms with Gasteiger partial charge in [-0.1, -0.05) is 18.2 Å². The number of ether oxygens (including phenoxy) is 1. The van der Waals surface area contributed by atoms with Gasteiger partial charge in [-0.3, -0.25) is 9.69 Å². The Hall–Kier alpha value is -2.72. The second-order valence-corrected chi connectivity index (χ2v) is 9.31. The van der Waals surface area contributed by atoms with Crippen molar-refractivity contribution >= 4 is 57.2 Å². The third-order valence-corrected chi connectivity index (χ3v) is 6.64. The molecule has 0 bridgehead atoms. The maximum atomic E-state index is 13.3. The number of thioether (sulfide) groups is 1. The van der Waals surface area contributed by atoms with Crippen molar-refractivity contribution in [2.75, 3.05) is 6.54 Å². The second kappa shape index (κ2) is 10.5. The summed E-state index contributed by atoms with van der Waals surface area (Å²) in [6, 6.07) is 17.8. The Morgan fingerprint density at radius 2 is 1.85 bits per heavy atom. The highest BCUT2D eigenvalue weighted by atomic mass is 127. The number of amidine groups is 1. The van der Waals surface area contributed by atoms with Crippen LogP contribution in [-0.2, 0) is 11.4 Å². The Morgan fingerprint density at radius 3 is 2.55 bits per heavy atom. The van der Waals surface area contributed by atoms with Gasteiger partial charge in [0, 0.05) is 6.54 Å². The molecule has 0 saturated carbocycles. The first-order valence-electron chi connectivity index (χ1n) is 10.2. The van der Waals surface area contributed by atoms with E-state index in [9.17, 15) is 13.6 Å². The first-order chi connectivity index (χ1) is 15.9. The lowest BCUT2D eigenvalue weighted by Gasteiger charge is -2.12. The minimum Gasteiger partial charge on any atom is -0.488 e. The van der Waals surface area contributed by atoms with Gasteiger partial charge in [0.1, 0.15) is 24.0 Å². The molecule has 1 amide bonds. The smallest absolute Gasteiger partial charge is 0.266 e. The van der Waals surface area contributed by atoms with Crippen LogP contribution in [-0.4, -0.2) is 22.5 Å². The molecule has 4 nitrogen and oxygen atoms in total. The third-order valence-electron chi connectivity index (χ3n) is 4.79. The van der Waals surface area contributed by atoms with E-state index in [1.807, 2.05) is 37.3 Å². The maximum absolute atomic E-state index is 13.3. The Kier molecular flexibility index (Phi) is 7.44. The number of amides is 1. The van der Waals surface area contributed by atoms with Crippen molar-refractivity contribution in [2.45, 2.75) is 13.5 Å². The van der Waals surface area contributed by atoms with E-state index in [2.05, 4.69) is 27.6 Å². The number of rotatable bonds is 6. The molecule has 168 valence electrons. The fraction of sp³-hybridized carbons (Fsp3) is 0.120. The van der Waals surface area contributed by atoms with Gasteiger partial charge in [0.15, 0.2) is 5.17 Å². The summed E-state index contributed by atoms with van der Waals surface area (Å²) < 4.78 is 33.2. The lowest BCUT2D eigenvalue weighted by Crippen LogP contribution is -2.28. The molecule has 1 heterocycles. The molecule has 33 heavy (non-hydrogen) atoms. The van der Waals surface area contributed by atoms with Gasteiger partial charge in [-0.05, 0) is 107 Å². The summed E-state index contributed by atoms with van der Waals surface area (Å²) in [5, 5.41) is 0.560. The molecule has 0 aromatic heterocycles. The molecule has 8 heteroatoms. The average Bonchev–Trinajstić information content (AvgIpc) is 3.08. The molecule has 3 aromatic rings. The van der Waals surface area contributed by atoms with Gasteiger partial charge in [0.25, 0.3) is 5.91 Å². The normalized spacial score (nSPS) is 16.1. The highest BCUT2D eigenvalue weighted by molar-refractivity contribution is 14.1. The van der Waals surface area contributed by atoms with Gasteiger partial charge >= 0.3 is 0 Å². The first kappa shape index (κ1) is 23.4. The Labute approximate surface area is 208 Å². The summed E-state index contributed by atoms with van der Waals surface area (Å²) in [6.07, 6.45) is 1.82. The number of carbonyl (C=O) groups excluding carboxylic acids is 1. The fourth-order valence-electron chi connectivity index (χ4n) is 3.16. The van der Waals surface area contributed by atoms with Gasteiger partial charge in [0.2, 0.25) is 0 Å². The molecule has 0 spiro atoms. The van der Waals surface area contributed by atoms with Crippen molar-refractivity contribution in [1.29, 1.82) is 0 Å². The molecular weight excluding hydrogens is 557 g/mol. The second-order valence-electron chi connectivity index (χ2n) is 7.14. The number of benzene rings is 3. The quantitative estimate of drug-likeness (QED) is 0.240. The van der Waals surface area contributed by atoms with Crippen LogP contribution in [0.1, 0.15) is 18.1 Å². The summed E-state index contributed by atoms with van der Waals surface area (Å²) in [7, 11) is 0. The number of halogens is 3. The minimum absolute atomic E-state index is 0.121. The number of hydrogen-bond donors (Lipinski definition) is 0. The molecule has 1 saturated heterocycles. The van der Waals surface area contributed by atoms with Gasteiger partial charge in [-0.15, -0.1) is 0 Å². The van der Waals surface area contributed by atoms with Crippen LogP contribution in [0.25, 0.3) is 6.08 Å². The van der Waals surface area contributed by atoms with Crippen LogP contribution in [0.3, 0.4) is 0 Å². The molecule has 0 N–H and O–H groups in total. The van der Waals surface area contributed by atoms with Gasteiger partial charge in [-0.2, -0.15) is 0 Å². The molecule has 1 aliphatic heterocycles. The summed E-state index contributed by atoms with van der Waals surface area (Å²) in [5.41, 5.74) is 2.19. The summed E-state index contributed by atoms with van der Waals surface area (Å²) in [5.74, 6) is -0.0686. The van der Waals surface area contributed by atoms with Crippen molar-refractivity contribution in [3.05, 3.63) is 98.0 Å². The van der Waals surface area contributed by atoms with Crippen LogP contribution in [0, 0.1) is 15.2 Å². The molecule has 3 aromatic carbocycles. The topological polar surface area (TPSA) is 41.9 Å². The molecule has 0 unspecified atom stereocenters. The molecule has 0 atom stereocenters. The largest absolute Gasteiger partial charge is 0.488 e. The maximum Gasteiger partial charge on any atom is 0.266 e. The number of likely N-dealkylation sites (N-methyl/N-ethyl adjacent to an activating group) is 1. The van der Waals surface area contributed by atoms with E-state index in [1.165, 1.54) is 36.0 Å². The van der Waals surface area contributed by atoms with E-state index in [1.54, 1.807) is 23.1 Å². The zero-order chi connectivity index (χ0) is 23.4. The van der Waals surface area contributed by atoms with E-state index < -0.39 is 0 Å². The molecule has 1 aliphatic rings. The van der Waals surface area contributed by atoms with Crippen molar-refractivity contribution in [1.82, 2.24) is 4.90 Å². The van der Waals surface area contributed by atoms with E-state index in [4.69, 9.17) is 4.74 Å². The number of aliphatic imine (C=N–C) groups is 1. The number of carbonyl (C=O) groups is 1. The molecule has 0 radical (unpaired) electrons. The molecule has 0 aliphatic carbocycles. The van der Waals surface area contributed by atoms with Crippen molar-refractivity contribution < 1.29 is 18.3 Å². The van der Waals surface area contributed by atoms with Crippen LogP contribution in [0.5, 0.6) is 5.75 Å². The fourth-order valence-corrected chi connectivity index (χ4v) is 4.92. The van der Waals surface area contributed by atoms with Crippen LogP contribution < -0.4 is 4.74 Å². The summed E-state index contributed by atoms with van der Waals surface area (Å²) >= 11 is 3.46. The predicted octanol–water partition coefficient (Wildman–Crippen LogP) is 6.77. The lowest BCUT2D eigenvalue weighted by atomic mass is 10.2. The Bertz CT molecular complexity index is 1250. The van der Waals surface area contributed by atoms with Crippen LogP contribution in [0.15, 0.2) is 76.6 Å². The molecule has 4 rings (SSSR count). The third kappa shape index (κ3) is 5.80. The van der Waals surface area contributed by atoms with Gasteiger partial charge in [-0.25, -0.2) is 13.8 Å². The van der Waals surface area contributed by atoms with E-state index in [-0.39, 0.29) is 24.1 Å². The van der Waals surface area contributed by atoms with E-state index >= 15 is 0 Å². The van der Waals surface area contributed by atoms with E-state index in [0.717, 1.165) is 14.7 Å². The van der Waals surface area contributed by atoms with Crippen molar-refractivity contribution in [2.24, 2.45) is 4.99 Å². The minimum atomic E-state index is -0.333. The van der Waals surface area contributed by atoms with Crippen molar-refractivity contribution in [3.63, 3.8) is 0 Å². The molecular formula is C25H19F2IN2O2S. The first-order valence-corrected chi connectivity index (χ1v) is 12.0. The average molecular weight is 576 g/mol. The summed E-state index contributed by atoms with van der Waals surface area (Å²) in [4.78, 5) is 19.5. The monoisotopic (exact) mass is 576 g/mol. The standard InChI is InChI=1S/C25H19F2IN2O2S/c1-2-30-24(31)23(33-25(30)29-20-9-7-18(26)8-10-20)14-16-6-11-22(21(28)13-16)32-15-17-4-3-5-19(27)12-17/h3-14H,2,15H2,1H3/b23-14+,29-25?. The zero-order valence-corrected chi connectivity index (χ0v) is 20.6. The SMILES string of the molecule is CCN1C(=O)/C(=C\c2ccc(OCc3cccc(F)c3)c(I)c2)SC1=Nc1ccc(F)cc1. The van der Waals surface area contributed by atoms with Gasteiger partial charge < -0.3 is 4.74 Å². The van der Waals surface area contributed by atoms with Gasteiger partial charge in [0.05, 0.1) is 14.2 Å².